The minimum Gasteiger partial charge on any atom is -0.378 e. The Hall–Kier alpha value is -2.22. The molecule has 1 aliphatic rings. The number of carbonyl (C=O) groups excluding carboxylic acids is 1. The van der Waals surface area contributed by atoms with Crippen molar-refractivity contribution in [3.8, 4) is 11.4 Å². The number of nitrogens with zero attached hydrogens (tertiary/aromatic N) is 4. The molecule has 3 rings (SSSR count). The SMILES string of the molecule is CN(C)c1cccc(-c2nnc(SC3CCCCNC3=O)n2N)c1. The van der Waals surface area contributed by atoms with Crippen LogP contribution >= 0.6 is 11.8 Å². The van der Waals surface area contributed by atoms with Crippen molar-refractivity contribution in [3.05, 3.63) is 24.3 Å². The molecular formula is C16H22N6OS. The number of carbonyl (C=O) groups is 1. The van der Waals surface area contributed by atoms with Crippen molar-refractivity contribution in [2.75, 3.05) is 31.4 Å². The van der Waals surface area contributed by atoms with Crippen LogP contribution in [0.3, 0.4) is 0 Å². The molecule has 1 aromatic heterocycles. The first-order valence-electron chi connectivity index (χ1n) is 7.99. The van der Waals surface area contributed by atoms with Crippen molar-refractivity contribution in [2.24, 2.45) is 0 Å². The number of amides is 1. The van der Waals surface area contributed by atoms with E-state index in [0.29, 0.717) is 11.0 Å². The summed E-state index contributed by atoms with van der Waals surface area (Å²) in [6, 6.07) is 7.95. The number of aromatic nitrogens is 3. The largest absolute Gasteiger partial charge is 0.378 e. The first kappa shape index (κ1) is 16.6. The van der Waals surface area contributed by atoms with Crippen LogP contribution in [0.4, 0.5) is 5.69 Å². The maximum absolute atomic E-state index is 12.1. The van der Waals surface area contributed by atoms with E-state index in [-0.39, 0.29) is 11.2 Å². The van der Waals surface area contributed by atoms with Crippen LogP contribution in [-0.4, -0.2) is 46.7 Å². The second-order valence-corrected chi connectivity index (χ2v) is 7.18. The topological polar surface area (TPSA) is 89.1 Å². The molecular weight excluding hydrogens is 324 g/mol. The van der Waals surface area contributed by atoms with Gasteiger partial charge in [-0.25, -0.2) is 4.68 Å². The molecule has 1 aromatic carbocycles. The summed E-state index contributed by atoms with van der Waals surface area (Å²) in [6.45, 7) is 0.744. The molecule has 8 heteroatoms. The summed E-state index contributed by atoms with van der Waals surface area (Å²) in [6.07, 6.45) is 2.86. The van der Waals surface area contributed by atoms with Gasteiger partial charge < -0.3 is 16.1 Å². The average Bonchev–Trinajstić information content (AvgIpc) is 2.80. The summed E-state index contributed by atoms with van der Waals surface area (Å²) in [5.74, 6) is 6.83. The van der Waals surface area contributed by atoms with Crippen LogP contribution in [-0.2, 0) is 4.79 Å². The number of hydrogen-bond donors (Lipinski definition) is 2. The van der Waals surface area contributed by atoms with E-state index >= 15 is 0 Å². The van der Waals surface area contributed by atoms with Gasteiger partial charge in [-0.15, -0.1) is 10.2 Å². The second kappa shape index (κ2) is 7.12. The quantitative estimate of drug-likeness (QED) is 0.815. The van der Waals surface area contributed by atoms with Crippen LogP contribution in [0.15, 0.2) is 29.4 Å². The van der Waals surface area contributed by atoms with E-state index in [2.05, 4.69) is 15.5 Å². The van der Waals surface area contributed by atoms with Crippen LogP contribution in [0.1, 0.15) is 19.3 Å². The fourth-order valence-corrected chi connectivity index (χ4v) is 3.65. The van der Waals surface area contributed by atoms with Gasteiger partial charge in [0.15, 0.2) is 5.82 Å². The Balaban J connectivity index is 1.83. The smallest absolute Gasteiger partial charge is 0.233 e. The third-order valence-electron chi connectivity index (χ3n) is 4.02. The summed E-state index contributed by atoms with van der Waals surface area (Å²) >= 11 is 1.38. The number of nitrogen functional groups attached to an aromatic ring is 1. The molecule has 1 atom stereocenters. The van der Waals surface area contributed by atoms with Crippen LogP contribution in [0.25, 0.3) is 11.4 Å². The third-order valence-corrected chi connectivity index (χ3v) is 5.24. The molecule has 0 aliphatic carbocycles. The highest BCUT2D eigenvalue weighted by Gasteiger charge is 2.25. The van der Waals surface area contributed by atoms with Gasteiger partial charge in [0.2, 0.25) is 11.1 Å². The molecule has 0 bridgehead atoms. The van der Waals surface area contributed by atoms with Gasteiger partial charge in [0.25, 0.3) is 0 Å². The Kier molecular flexibility index (Phi) is 4.94. The molecule has 0 saturated carbocycles. The monoisotopic (exact) mass is 346 g/mol. The Morgan fingerprint density at radius 3 is 2.96 bits per heavy atom. The molecule has 1 fully saturated rings. The van der Waals surface area contributed by atoms with Crippen molar-refractivity contribution in [1.29, 1.82) is 0 Å². The van der Waals surface area contributed by atoms with Gasteiger partial charge in [0, 0.05) is 31.9 Å². The van der Waals surface area contributed by atoms with Gasteiger partial charge in [-0.3, -0.25) is 4.79 Å². The zero-order valence-electron chi connectivity index (χ0n) is 13.9. The molecule has 3 N–H and O–H groups in total. The Bertz CT molecular complexity index is 729. The summed E-state index contributed by atoms with van der Waals surface area (Å²) in [5.41, 5.74) is 1.96. The van der Waals surface area contributed by atoms with Gasteiger partial charge in [0.05, 0.1) is 5.25 Å². The van der Waals surface area contributed by atoms with Crippen LogP contribution in [0.5, 0.6) is 0 Å². The van der Waals surface area contributed by atoms with Gasteiger partial charge >= 0.3 is 0 Å². The third kappa shape index (κ3) is 3.48. The van der Waals surface area contributed by atoms with Crippen LogP contribution in [0, 0.1) is 0 Å². The first-order chi connectivity index (χ1) is 11.6. The zero-order chi connectivity index (χ0) is 17.1. The lowest BCUT2D eigenvalue weighted by atomic mass is 10.2. The van der Waals surface area contributed by atoms with Gasteiger partial charge in [0.1, 0.15) is 0 Å². The lowest BCUT2D eigenvalue weighted by Gasteiger charge is -2.14. The Morgan fingerprint density at radius 1 is 1.33 bits per heavy atom. The maximum atomic E-state index is 12.1. The zero-order valence-corrected chi connectivity index (χ0v) is 14.7. The maximum Gasteiger partial charge on any atom is 0.233 e. The molecule has 2 heterocycles. The highest BCUT2D eigenvalue weighted by Crippen LogP contribution is 2.29. The minimum absolute atomic E-state index is 0.0525. The van der Waals surface area contributed by atoms with E-state index in [1.807, 2.05) is 43.3 Å². The number of thioether (sulfide) groups is 1. The standard InChI is InChI=1S/C16H22N6OS/c1-21(2)12-7-5-6-11(10-12)14-19-20-16(22(14)17)24-13-8-3-4-9-18-15(13)23/h5-7,10,13H,3-4,8-9,17H2,1-2H3,(H,18,23). The molecule has 0 spiro atoms. The van der Waals surface area contributed by atoms with Gasteiger partial charge in [-0.2, -0.15) is 0 Å². The fraction of sp³-hybridized carbons (Fsp3) is 0.438. The van der Waals surface area contributed by atoms with Gasteiger partial charge in [-0.05, 0) is 25.0 Å². The highest BCUT2D eigenvalue weighted by molar-refractivity contribution is 8.00. The van der Waals surface area contributed by atoms with Crippen LogP contribution in [0.2, 0.25) is 0 Å². The lowest BCUT2D eigenvalue weighted by Crippen LogP contribution is -2.31. The lowest BCUT2D eigenvalue weighted by molar-refractivity contribution is -0.120. The van der Waals surface area contributed by atoms with Gasteiger partial charge in [-0.1, -0.05) is 30.3 Å². The van der Waals surface area contributed by atoms with Crippen molar-refractivity contribution in [2.45, 2.75) is 29.7 Å². The summed E-state index contributed by atoms with van der Waals surface area (Å²) < 4.78 is 1.47. The van der Waals surface area contributed by atoms with Crippen molar-refractivity contribution < 1.29 is 4.79 Å². The summed E-state index contributed by atoms with van der Waals surface area (Å²) in [7, 11) is 3.97. The highest BCUT2D eigenvalue weighted by atomic mass is 32.2. The summed E-state index contributed by atoms with van der Waals surface area (Å²) in [5, 5.41) is 11.7. The molecule has 7 nitrogen and oxygen atoms in total. The van der Waals surface area contributed by atoms with Crippen molar-refractivity contribution >= 4 is 23.4 Å². The van der Waals surface area contributed by atoms with E-state index in [9.17, 15) is 4.79 Å². The number of nitrogens with one attached hydrogen (secondary N) is 1. The molecule has 24 heavy (non-hydrogen) atoms. The molecule has 1 amide bonds. The van der Waals surface area contributed by atoms with E-state index < -0.39 is 0 Å². The molecule has 1 saturated heterocycles. The number of benzene rings is 1. The first-order valence-corrected chi connectivity index (χ1v) is 8.87. The second-order valence-electron chi connectivity index (χ2n) is 6.01. The van der Waals surface area contributed by atoms with E-state index in [0.717, 1.165) is 37.1 Å². The fourth-order valence-electron chi connectivity index (χ4n) is 2.63. The molecule has 1 aliphatic heterocycles. The van der Waals surface area contributed by atoms with E-state index in [1.54, 1.807) is 0 Å². The normalized spacial score (nSPS) is 18.1. The number of rotatable bonds is 4. The molecule has 128 valence electrons. The van der Waals surface area contributed by atoms with E-state index in [1.165, 1.54) is 16.4 Å². The van der Waals surface area contributed by atoms with Crippen LogP contribution < -0.4 is 16.1 Å². The van der Waals surface area contributed by atoms with Crippen molar-refractivity contribution in [3.63, 3.8) is 0 Å². The Morgan fingerprint density at radius 2 is 2.17 bits per heavy atom. The van der Waals surface area contributed by atoms with Crippen molar-refractivity contribution in [1.82, 2.24) is 20.2 Å². The summed E-state index contributed by atoms with van der Waals surface area (Å²) in [4.78, 5) is 14.1. The number of hydrogen-bond acceptors (Lipinski definition) is 6. The number of nitrogens with two attached hydrogens (primary N) is 1. The predicted molar refractivity (Wildman–Crippen MR) is 96.4 cm³/mol. The molecule has 0 radical (unpaired) electrons. The average molecular weight is 346 g/mol. The molecule has 1 unspecified atom stereocenters. The predicted octanol–water partition coefficient (Wildman–Crippen LogP) is 1.49. The Labute approximate surface area is 145 Å². The minimum atomic E-state index is -0.167. The number of anilines is 1. The van der Waals surface area contributed by atoms with E-state index in [4.69, 9.17) is 5.84 Å². The molecule has 2 aromatic rings.